The van der Waals surface area contributed by atoms with Gasteiger partial charge in [0.15, 0.2) is 0 Å². The van der Waals surface area contributed by atoms with Gasteiger partial charge in [0, 0.05) is 43.3 Å². The van der Waals surface area contributed by atoms with Crippen molar-refractivity contribution in [1.29, 1.82) is 0 Å². The Labute approximate surface area is 106 Å². The molecular formula is C13H15ClFN2. The monoisotopic (exact) mass is 253 g/mol. The fourth-order valence-electron chi connectivity index (χ4n) is 2.89. The fraction of sp³-hybridized carbons (Fsp3) is 0.538. The van der Waals surface area contributed by atoms with Crippen LogP contribution in [-0.2, 0) is 6.54 Å². The Morgan fingerprint density at radius 2 is 2.00 bits per heavy atom. The zero-order valence-electron chi connectivity index (χ0n) is 9.57. The number of nitrogens with zero attached hydrogens (tertiary/aromatic N) is 2. The minimum absolute atomic E-state index is 0.195. The molecule has 0 bridgehead atoms. The molecule has 2 nitrogen and oxygen atoms in total. The number of rotatable bonds is 2. The lowest BCUT2D eigenvalue weighted by molar-refractivity contribution is 0.300. The molecule has 0 spiro atoms. The third kappa shape index (κ3) is 2.19. The van der Waals surface area contributed by atoms with Gasteiger partial charge in [0.25, 0.3) is 0 Å². The summed E-state index contributed by atoms with van der Waals surface area (Å²) in [6.45, 7) is 4.63. The highest BCUT2D eigenvalue weighted by molar-refractivity contribution is 6.31. The van der Waals surface area contributed by atoms with Crippen molar-refractivity contribution >= 4 is 11.6 Å². The molecule has 1 aromatic rings. The van der Waals surface area contributed by atoms with Gasteiger partial charge in [0.2, 0.25) is 0 Å². The first-order valence-corrected chi connectivity index (χ1v) is 6.40. The smallest absolute Gasteiger partial charge is 0.129 e. The van der Waals surface area contributed by atoms with Gasteiger partial charge in [0.05, 0.1) is 0 Å². The average Bonchev–Trinajstić information content (AvgIpc) is 2.83. The van der Waals surface area contributed by atoms with Crippen molar-refractivity contribution in [1.82, 2.24) is 10.2 Å². The van der Waals surface area contributed by atoms with E-state index in [9.17, 15) is 4.39 Å². The molecule has 1 radical (unpaired) electrons. The molecule has 17 heavy (non-hydrogen) atoms. The van der Waals surface area contributed by atoms with Crippen molar-refractivity contribution in [2.75, 3.05) is 26.2 Å². The van der Waals surface area contributed by atoms with E-state index in [1.807, 2.05) is 0 Å². The number of hydrogen-bond donors (Lipinski definition) is 0. The molecule has 3 rings (SSSR count). The van der Waals surface area contributed by atoms with Crippen LogP contribution in [0.3, 0.4) is 0 Å². The van der Waals surface area contributed by atoms with Crippen LogP contribution in [0.25, 0.3) is 0 Å². The second kappa shape index (κ2) is 4.56. The molecule has 2 saturated heterocycles. The summed E-state index contributed by atoms with van der Waals surface area (Å²) in [6, 6.07) is 4.89. The van der Waals surface area contributed by atoms with E-state index in [0.717, 1.165) is 26.2 Å². The first kappa shape index (κ1) is 11.5. The Balaban J connectivity index is 1.72. The molecule has 2 fully saturated rings. The van der Waals surface area contributed by atoms with E-state index in [4.69, 9.17) is 11.6 Å². The zero-order chi connectivity index (χ0) is 11.8. The highest BCUT2D eigenvalue weighted by Gasteiger charge is 2.36. The Kier molecular flexibility index (Phi) is 3.07. The molecule has 2 aliphatic heterocycles. The normalized spacial score (nSPS) is 28.6. The molecule has 0 saturated carbocycles. The van der Waals surface area contributed by atoms with Gasteiger partial charge >= 0.3 is 0 Å². The number of likely N-dealkylation sites (tertiary alicyclic amines) is 1. The van der Waals surface area contributed by atoms with Crippen LogP contribution in [0.1, 0.15) is 5.56 Å². The standard InChI is InChI=1S/C13H15ClFN2/c14-12-2-1-3-13(15)11(12)8-17-6-9-4-16-5-10(9)7-17/h1-3,9-10H,4-8H2. The summed E-state index contributed by atoms with van der Waals surface area (Å²) in [5, 5.41) is 4.95. The summed E-state index contributed by atoms with van der Waals surface area (Å²) in [6.07, 6.45) is 0. The molecule has 2 unspecified atom stereocenters. The minimum atomic E-state index is -0.195. The molecule has 0 N–H and O–H groups in total. The number of halogens is 2. The second-order valence-electron chi connectivity index (χ2n) is 5.00. The molecule has 0 amide bonds. The van der Waals surface area contributed by atoms with Crippen molar-refractivity contribution in [3.05, 3.63) is 34.6 Å². The van der Waals surface area contributed by atoms with Gasteiger partial charge in [-0.15, -0.1) is 0 Å². The van der Waals surface area contributed by atoms with Gasteiger partial charge < -0.3 is 0 Å². The fourth-order valence-corrected chi connectivity index (χ4v) is 3.11. The van der Waals surface area contributed by atoms with Crippen molar-refractivity contribution in [3.8, 4) is 0 Å². The maximum absolute atomic E-state index is 13.7. The van der Waals surface area contributed by atoms with Crippen LogP contribution in [0.4, 0.5) is 4.39 Å². The highest BCUT2D eigenvalue weighted by Crippen LogP contribution is 2.30. The van der Waals surface area contributed by atoms with E-state index in [1.54, 1.807) is 12.1 Å². The van der Waals surface area contributed by atoms with Gasteiger partial charge in [-0.25, -0.2) is 9.71 Å². The van der Waals surface area contributed by atoms with Crippen LogP contribution in [0.15, 0.2) is 18.2 Å². The summed E-state index contributed by atoms with van der Waals surface area (Å²) in [5.41, 5.74) is 0.631. The lowest BCUT2D eigenvalue weighted by Gasteiger charge is -2.17. The Morgan fingerprint density at radius 3 is 2.65 bits per heavy atom. The van der Waals surface area contributed by atoms with Crippen LogP contribution in [0, 0.1) is 17.7 Å². The second-order valence-corrected chi connectivity index (χ2v) is 5.41. The van der Waals surface area contributed by atoms with Gasteiger partial charge in [-0.3, -0.25) is 4.90 Å². The van der Waals surface area contributed by atoms with E-state index in [1.165, 1.54) is 6.07 Å². The Hall–Kier alpha value is -0.640. The maximum atomic E-state index is 13.7. The lowest BCUT2D eigenvalue weighted by atomic mass is 10.0. The van der Waals surface area contributed by atoms with Crippen molar-refractivity contribution < 1.29 is 4.39 Å². The summed E-state index contributed by atoms with van der Waals surface area (Å²) in [4.78, 5) is 2.30. The average molecular weight is 254 g/mol. The third-order valence-corrected chi connectivity index (χ3v) is 4.18. The van der Waals surface area contributed by atoms with Crippen LogP contribution in [0.5, 0.6) is 0 Å². The van der Waals surface area contributed by atoms with Crippen LogP contribution in [-0.4, -0.2) is 31.1 Å². The summed E-state index contributed by atoms with van der Waals surface area (Å²) >= 11 is 6.04. The predicted molar refractivity (Wildman–Crippen MR) is 65.5 cm³/mol. The summed E-state index contributed by atoms with van der Waals surface area (Å²) in [5.74, 6) is 1.17. The first-order chi connectivity index (χ1) is 8.24. The predicted octanol–water partition coefficient (Wildman–Crippen LogP) is 2.15. The lowest BCUT2D eigenvalue weighted by Crippen LogP contribution is -2.24. The Morgan fingerprint density at radius 1 is 1.29 bits per heavy atom. The minimum Gasteiger partial charge on any atom is -0.298 e. The van der Waals surface area contributed by atoms with Gasteiger partial charge in [-0.05, 0) is 24.0 Å². The van der Waals surface area contributed by atoms with Gasteiger partial charge in [0.1, 0.15) is 5.82 Å². The first-order valence-electron chi connectivity index (χ1n) is 6.02. The summed E-state index contributed by atoms with van der Waals surface area (Å²) < 4.78 is 13.7. The van der Waals surface area contributed by atoms with E-state index < -0.39 is 0 Å². The third-order valence-electron chi connectivity index (χ3n) is 3.82. The molecule has 2 aliphatic rings. The molecule has 0 aliphatic carbocycles. The van der Waals surface area contributed by atoms with Crippen molar-refractivity contribution in [2.45, 2.75) is 6.54 Å². The molecule has 2 heterocycles. The summed E-state index contributed by atoms with van der Waals surface area (Å²) in [7, 11) is 0. The van der Waals surface area contributed by atoms with E-state index in [-0.39, 0.29) is 5.82 Å². The number of fused-ring (bicyclic) bond motifs is 1. The largest absolute Gasteiger partial charge is 0.298 e. The molecular weight excluding hydrogens is 239 g/mol. The van der Waals surface area contributed by atoms with Crippen LogP contribution in [0.2, 0.25) is 5.02 Å². The van der Waals surface area contributed by atoms with E-state index in [2.05, 4.69) is 10.2 Å². The number of benzene rings is 1. The SMILES string of the molecule is Fc1cccc(Cl)c1CN1CC2C[N]CC2C1. The van der Waals surface area contributed by atoms with Crippen molar-refractivity contribution in [2.24, 2.45) is 11.8 Å². The molecule has 2 atom stereocenters. The number of hydrogen-bond acceptors (Lipinski definition) is 1. The van der Waals surface area contributed by atoms with Crippen LogP contribution >= 0.6 is 11.6 Å². The zero-order valence-corrected chi connectivity index (χ0v) is 10.3. The van der Waals surface area contributed by atoms with Crippen molar-refractivity contribution in [3.63, 3.8) is 0 Å². The van der Waals surface area contributed by atoms with E-state index in [0.29, 0.717) is 29.0 Å². The molecule has 4 heteroatoms. The van der Waals surface area contributed by atoms with Gasteiger partial charge in [-0.1, -0.05) is 17.7 Å². The van der Waals surface area contributed by atoms with E-state index >= 15 is 0 Å². The highest BCUT2D eigenvalue weighted by atomic mass is 35.5. The topological polar surface area (TPSA) is 17.3 Å². The van der Waals surface area contributed by atoms with Crippen LogP contribution < -0.4 is 5.32 Å². The molecule has 1 aromatic carbocycles. The van der Waals surface area contributed by atoms with Gasteiger partial charge in [-0.2, -0.15) is 0 Å². The Bertz CT molecular complexity index is 392. The molecule has 0 aromatic heterocycles. The quantitative estimate of drug-likeness (QED) is 0.790. The maximum Gasteiger partial charge on any atom is 0.129 e. The molecule has 91 valence electrons.